The quantitative estimate of drug-likeness (QED) is 0.370. The molecule has 0 aromatic carbocycles. The number of aliphatic imine (C=N–C) groups is 1. The Morgan fingerprint density at radius 3 is 2.90 bits per heavy atom. The van der Waals surface area contributed by atoms with Crippen LogP contribution in [0.2, 0.25) is 0 Å². The summed E-state index contributed by atoms with van der Waals surface area (Å²) in [6, 6.07) is 0. The van der Waals surface area contributed by atoms with E-state index in [0.29, 0.717) is 5.13 Å². The zero-order valence-corrected chi connectivity index (χ0v) is 5.67. The molecule has 0 aliphatic heterocycles. The third-order valence-electron chi connectivity index (χ3n) is 0.796. The van der Waals surface area contributed by atoms with Gasteiger partial charge in [0, 0.05) is 0 Å². The highest BCUT2D eigenvalue weighted by atomic mass is 32.1. The number of rotatable bonds is 2. The first-order valence-electron chi connectivity index (χ1n) is 2.31. The topological polar surface area (TPSA) is 68.4 Å². The molecule has 0 N–H and O–H groups in total. The molecule has 1 aromatic heterocycles. The molecule has 0 spiro atoms. The molecule has 0 saturated heterocycles. The standard InChI is InChI=1S/C4H3N3O2S/c1-5-4-6-2-3(10-4)7(8)9/h2H,1H2. The van der Waals surface area contributed by atoms with Crippen molar-refractivity contribution in [1.29, 1.82) is 0 Å². The Bertz CT molecular complexity index is 269. The van der Waals surface area contributed by atoms with Gasteiger partial charge in [0.05, 0.1) is 4.92 Å². The molecule has 0 amide bonds. The SMILES string of the molecule is C=Nc1ncc([N+](=O)[O-])s1. The van der Waals surface area contributed by atoms with Gasteiger partial charge in [-0.3, -0.25) is 10.1 Å². The van der Waals surface area contributed by atoms with E-state index in [1.807, 2.05) is 0 Å². The fraction of sp³-hybridized carbons (Fsp3) is 0. The molecule has 10 heavy (non-hydrogen) atoms. The highest BCUT2D eigenvalue weighted by molar-refractivity contribution is 7.18. The largest absolute Gasteiger partial charge is 0.345 e. The van der Waals surface area contributed by atoms with E-state index in [9.17, 15) is 10.1 Å². The van der Waals surface area contributed by atoms with Crippen LogP contribution >= 0.6 is 11.3 Å². The summed E-state index contributed by atoms with van der Waals surface area (Å²) in [5.74, 6) is 0. The molecule has 0 aliphatic carbocycles. The minimum atomic E-state index is -0.508. The van der Waals surface area contributed by atoms with E-state index in [-0.39, 0.29) is 5.00 Å². The smallest absolute Gasteiger partial charge is 0.257 e. The molecule has 1 rings (SSSR count). The molecular formula is C4H3N3O2S. The van der Waals surface area contributed by atoms with Gasteiger partial charge in [-0.05, 0) is 18.1 Å². The van der Waals surface area contributed by atoms with E-state index < -0.39 is 4.92 Å². The van der Waals surface area contributed by atoms with Crippen molar-refractivity contribution in [2.75, 3.05) is 0 Å². The minimum Gasteiger partial charge on any atom is -0.257 e. The van der Waals surface area contributed by atoms with Gasteiger partial charge in [0.15, 0.2) is 0 Å². The zero-order chi connectivity index (χ0) is 7.56. The Morgan fingerprint density at radius 2 is 2.60 bits per heavy atom. The number of thiazole rings is 1. The molecule has 5 nitrogen and oxygen atoms in total. The maximum atomic E-state index is 10.0. The van der Waals surface area contributed by atoms with E-state index in [0.717, 1.165) is 17.5 Å². The Kier molecular flexibility index (Phi) is 1.72. The highest BCUT2D eigenvalue weighted by Gasteiger charge is 2.09. The van der Waals surface area contributed by atoms with Gasteiger partial charge in [-0.25, -0.2) is 9.98 Å². The number of hydrogen-bond acceptors (Lipinski definition) is 5. The lowest BCUT2D eigenvalue weighted by Gasteiger charge is -1.76. The summed E-state index contributed by atoms with van der Waals surface area (Å²) in [4.78, 5) is 16.6. The van der Waals surface area contributed by atoms with E-state index in [4.69, 9.17) is 0 Å². The predicted octanol–water partition coefficient (Wildman–Crippen LogP) is 1.38. The summed E-state index contributed by atoms with van der Waals surface area (Å²) >= 11 is 0.902. The first-order valence-corrected chi connectivity index (χ1v) is 3.12. The van der Waals surface area contributed by atoms with Crippen molar-refractivity contribution in [1.82, 2.24) is 4.98 Å². The molecule has 1 heterocycles. The van der Waals surface area contributed by atoms with Crippen LogP contribution in [-0.2, 0) is 0 Å². The first-order chi connectivity index (χ1) is 4.74. The van der Waals surface area contributed by atoms with Gasteiger partial charge in [-0.1, -0.05) is 0 Å². The van der Waals surface area contributed by atoms with E-state index in [2.05, 4.69) is 16.7 Å². The Balaban J connectivity index is 2.98. The van der Waals surface area contributed by atoms with E-state index >= 15 is 0 Å². The van der Waals surface area contributed by atoms with Gasteiger partial charge in [0.25, 0.3) is 0 Å². The van der Waals surface area contributed by atoms with Crippen molar-refractivity contribution in [2.24, 2.45) is 4.99 Å². The Hall–Kier alpha value is -1.30. The van der Waals surface area contributed by atoms with E-state index in [1.165, 1.54) is 0 Å². The zero-order valence-electron chi connectivity index (χ0n) is 4.85. The van der Waals surface area contributed by atoms with Crippen LogP contribution in [0.15, 0.2) is 11.2 Å². The molecule has 52 valence electrons. The van der Waals surface area contributed by atoms with Crippen LogP contribution < -0.4 is 0 Å². The molecule has 0 saturated carbocycles. The fourth-order valence-corrected chi connectivity index (χ4v) is 0.951. The third kappa shape index (κ3) is 1.16. The van der Waals surface area contributed by atoms with Crippen LogP contribution in [0.1, 0.15) is 0 Å². The van der Waals surface area contributed by atoms with Crippen molar-refractivity contribution < 1.29 is 4.92 Å². The maximum Gasteiger partial charge on any atom is 0.345 e. The average Bonchev–Trinajstić information content (AvgIpc) is 2.34. The van der Waals surface area contributed by atoms with Gasteiger partial charge in [0.2, 0.25) is 5.13 Å². The third-order valence-corrected chi connectivity index (χ3v) is 1.68. The average molecular weight is 157 g/mol. The second-order valence-corrected chi connectivity index (χ2v) is 2.38. The summed E-state index contributed by atoms with van der Waals surface area (Å²) < 4.78 is 0. The summed E-state index contributed by atoms with van der Waals surface area (Å²) in [6.45, 7) is 3.18. The van der Waals surface area contributed by atoms with Crippen LogP contribution in [-0.4, -0.2) is 16.6 Å². The second kappa shape index (κ2) is 2.53. The highest BCUT2D eigenvalue weighted by Crippen LogP contribution is 2.26. The lowest BCUT2D eigenvalue weighted by atomic mass is 10.9. The molecule has 0 aliphatic rings. The number of nitro groups is 1. The van der Waals surface area contributed by atoms with Crippen molar-refractivity contribution >= 4 is 28.2 Å². The van der Waals surface area contributed by atoms with Crippen LogP contribution in [0.4, 0.5) is 10.1 Å². The molecule has 6 heteroatoms. The number of nitrogens with zero attached hydrogens (tertiary/aromatic N) is 3. The van der Waals surface area contributed by atoms with Crippen molar-refractivity contribution in [3.05, 3.63) is 16.3 Å². The summed E-state index contributed by atoms with van der Waals surface area (Å²) in [7, 11) is 0. The van der Waals surface area contributed by atoms with Crippen LogP contribution in [0.3, 0.4) is 0 Å². The monoisotopic (exact) mass is 157 g/mol. The fourth-order valence-electron chi connectivity index (χ4n) is 0.414. The summed E-state index contributed by atoms with van der Waals surface area (Å²) in [6.07, 6.45) is 1.16. The van der Waals surface area contributed by atoms with Crippen molar-refractivity contribution in [3.63, 3.8) is 0 Å². The van der Waals surface area contributed by atoms with Gasteiger partial charge >= 0.3 is 5.00 Å². The van der Waals surface area contributed by atoms with Crippen LogP contribution in [0.25, 0.3) is 0 Å². The molecular weight excluding hydrogens is 154 g/mol. The van der Waals surface area contributed by atoms with Gasteiger partial charge < -0.3 is 0 Å². The summed E-state index contributed by atoms with van der Waals surface area (Å²) in [5.41, 5.74) is 0. The van der Waals surface area contributed by atoms with Crippen molar-refractivity contribution in [2.45, 2.75) is 0 Å². The molecule has 0 unspecified atom stereocenters. The Labute approximate surface area is 60.2 Å². The number of aromatic nitrogens is 1. The first kappa shape index (κ1) is 6.81. The van der Waals surface area contributed by atoms with Gasteiger partial charge in [-0.2, -0.15) is 0 Å². The molecule has 1 aromatic rings. The van der Waals surface area contributed by atoms with E-state index in [1.54, 1.807) is 0 Å². The normalized spacial score (nSPS) is 9.20. The van der Waals surface area contributed by atoms with Gasteiger partial charge in [-0.15, -0.1) is 0 Å². The lowest BCUT2D eigenvalue weighted by Crippen LogP contribution is -1.80. The van der Waals surface area contributed by atoms with Crippen molar-refractivity contribution in [3.8, 4) is 0 Å². The number of hydrogen-bond donors (Lipinski definition) is 0. The van der Waals surface area contributed by atoms with Crippen LogP contribution in [0.5, 0.6) is 0 Å². The molecule has 0 atom stereocenters. The molecule has 0 radical (unpaired) electrons. The molecule has 0 bridgehead atoms. The summed E-state index contributed by atoms with van der Waals surface area (Å²) in [5, 5.41) is 10.4. The predicted molar refractivity (Wildman–Crippen MR) is 38.0 cm³/mol. The Morgan fingerprint density at radius 1 is 1.90 bits per heavy atom. The maximum absolute atomic E-state index is 10.0. The second-order valence-electron chi connectivity index (χ2n) is 1.40. The molecule has 0 fully saturated rings. The minimum absolute atomic E-state index is 0.0117. The van der Waals surface area contributed by atoms with Crippen LogP contribution in [0, 0.1) is 10.1 Å². The lowest BCUT2D eigenvalue weighted by molar-refractivity contribution is -0.380. The van der Waals surface area contributed by atoms with Gasteiger partial charge in [0.1, 0.15) is 6.20 Å².